The van der Waals surface area contributed by atoms with E-state index in [2.05, 4.69) is 12.2 Å². The van der Waals surface area contributed by atoms with E-state index >= 15 is 0 Å². The summed E-state index contributed by atoms with van der Waals surface area (Å²) in [5.41, 5.74) is 2.30. The average molecular weight is 425 g/mol. The Kier molecular flexibility index (Phi) is 5.47. The summed E-state index contributed by atoms with van der Waals surface area (Å²) >= 11 is 0. The molecule has 5 fully saturated rings. The molecule has 1 saturated heterocycles. The molecular weight excluding hydrogens is 388 g/mol. The highest BCUT2D eigenvalue weighted by Crippen LogP contribution is 2.60. The molecule has 1 aromatic rings. The summed E-state index contributed by atoms with van der Waals surface area (Å²) in [4.78, 5) is 27.8. The zero-order valence-corrected chi connectivity index (χ0v) is 19.0. The topological polar surface area (TPSA) is 58.6 Å². The van der Waals surface area contributed by atoms with Gasteiger partial charge in [-0.1, -0.05) is 6.07 Å². The summed E-state index contributed by atoms with van der Waals surface area (Å²) < 4.78 is 5.73. The van der Waals surface area contributed by atoms with Crippen LogP contribution in [0.5, 0.6) is 5.75 Å². The molecule has 1 aromatic carbocycles. The van der Waals surface area contributed by atoms with E-state index in [-0.39, 0.29) is 24.0 Å². The van der Waals surface area contributed by atoms with Crippen molar-refractivity contribution < 1.29 is 14.3 Å². The van der Waals surface area contributed by atoms with Crippen molar-refractivity contribution in [3.63, 3.8) is 0 Å². The molecule has 4 saturated carbocycles. The minimum absolute atomic E-state index is 0.0316. The fourth-order valence-corrected chi connectivity index (χ4v) is 7.04. The Bertz CT molecular complexity index is 821. The first-order valence-corrected chi connectivity index (χ1v) is 12.2. The first kappa shape index (κ1) is 20.8. The van der Waals surface area contributed by atoms with Crippen LogP contribution in [0.15, 0.2) is 18.2 Å². The van der Waals surface area contributed by atoms with Crippen LogP contribution in [0.1, 0.15) is 62.5 Å². The average Bonchev–Trinajstić information content (AvgIpc) is 2.74. The van der Waals surface area contributed by atoms with Crippen molar-refractivity contribution in [2.45, 2.75) is 71.3 Å². The normalized spacial score (nSPS) is 32.2. The van der Waals surface area contributed by atoms with Crippen LogP contribution in [-0.2, 0) is 9.59 Å². The van der Waals surface area contributed by atoms with Crippen LogP contribution in [0.3, 0.4) is 0 Å². The molecule has 0 aromatic heterocycles. The molecule has 168 valence electrons. The molecule has 0 spiro atoms. The second-order valence-corrected chi connectivity index (χ2v) is 10.9. The number of nitrogens with zero attached hydrogens (tertiary/aromatic N) is 1. The largest absolute Gasteiger partial charge is 0.484 e. The van der Waals surface area contributed by atoms with Crippen LogP contribution in [0.25, 0.3) is 0 Å². The van der Waals surface area contributed by atoms with Crippen LogP contribution in [0.2, 0.25) is 0 Å². The van der Waals surface area contributed by atoms with Crippen molar-refractivity contribution in [2.75, 3.05) is 19.7 Å². The van der Waals surface area contributed by atoms with Gasteiger partial charge in [0.25, 0.3) is 5.91 Å². The van der Waals surface area contributed by atoms with E-state index in [9.17, 15) is 9.59 Å². The summed E-state index contributed by atoms with van der Waals surface area (Å²) in [5, 5.41) is 3.40. The standard InChI is InChI=1S/C26H36N2O3/c1-17-3-4-23(9-18(17)2)31-16-24(29)28-7-5-22(6-8-28)27-25(30)26-13-19-10-20(14-26)12-21(11-19)15-26/h3-4,9,19-22H,5-8,10-16H2,1-2H3,(H,27,30). The second kappa shape index (κ2) is 8.14. The Labute approximate surface area is 185 Å². The molecular formula is C26H36N2O3. The number of carbonyl (C=O) groups excluding carboxylic acids is 2. The number of likely N-dealkylation sites (tertiary alicyclic amines) is 1. The molecule has 31 heavy (non-hydrogen) atoms. The predicted octanol–water partition coefficient (Wildman–Crippen LogP) is 4.01. The molecule has 5 aliphatic rings. The molecule has 5 nitrogen and oxygen atoms in total. The van der Waals surface area contributed by atoms with Crippen molar-refractivity contribution in [3.8, 4) is 5.75 Å². The number of ether oxygens (including phenoxy) is 1. The van der Waals surface area contributed by atoms with Crippen molar-refractivity contribution >= 4 is 11.8 Å². The van der Waals surface area contributed by atoms with Gasteiger partial charge in [-0.25, -0.2) is 0 Å². The molecule has 1 heterocycles. The maximum Gasteiger partial charge on any atom is 0.260 e. The summed E-state index contributed by atoms with van der Waals surface area (Å²) in [7, 11) is 0. The summed E-state index contributed by atoms with van der Waals surface area (Å²) in [6, 6.07) is 6.12. The number of aryl methyl sites for hydroxylation is 2. The molecule has 6 rings (SSSR count). The maximum absolute atomic E-state index is 13.3. The van der Waals surface area contributed by atoms with Crippen LogP contribution >= 0.6 is 0 Å². The van der Waals surface area contributed by atoms with Gasteiger partial charge in [0, 0.05) is 24.5 Å². The van der Waals surface area contributed by atoms with Gasteiger partial charge >= 0.3 is 0 Å². The van der Waals surface area contributed by atoms with E-state index in [1.54, 1.807) is 0 Å². The molecule has 0 atom stereocenters. The van der Waals surface area contributed by atoms with Crippen LogP contribution in [-0.4, -0.2) is 42.5 Å². The highest BCUT2D eigenvalue weighted by molar-refractivity contribution is 5.83. The lowest BCUT2D eigenvalue weighted by molar-refractivity contribution is -0.147. The van der Waals surface area contributed by atoms with Crippen LogP contribution < -0.4 is 10.1 Å². The number of rotatable bonds is 5. The van der Waals surface area contributed by atoms with Crippen molar-refractivity contribution in [1.29, 1.82) is 0 Å². The van der Waals surface area contributed by atoms with Gasteiger partial charge in [-0.05, 0) is 106 Å². The van der Waals surface area contributed by atoms with Crippen molar-refractivity contribution in [2.24, 2.45) is 23.2 Å². The predicted molar refractivity (Wildman–Crippen MR) is 120 cm³/mol. The number of piperidine rings is 1. The number of hydrogen-bond acceptors (Lipinski definition) is 3. The fraction of sp³-hybridized carbons (Fsp3) is 0.692. The number of hydrogen-bond donors (Lipinski definition) is 1. The highest BCUT2D eigenvalue weighted by Gasteiger charge is 2.54. The summed E-state index contributed by atoms with van der Waals surface area (Å²) in [6.45, 7) is 5.58. The number of nitrogens with one attached hydrogen (secondary N) is 1. The number of amides is 2. The smallest absolute Gasteiger partial charge is 0.260 e. The number of benzene rings is 1. The van der Waals surface area contributed by atoms with Crippen molar-refractivity contribution in [1.82, 2.24) is 10.2 Å². The molecule has 5 heteroatoms. The van der Waals surface area contributed by atoms with E-state index in [1.807, 2.05) is 30.0 Å². The minimum atomic E-state index is -0.0816. The monoisotopic (exact) mass is 424 g/mol. The first-order valence-electron chi connectivity index (χ1n) is 12.2. The SMILES string of the molecule is Cc1ccc(OCC(=O)N2CCC(NC(=O)C34CC5CC(CC(C5)C3)C4)CC2)cc1C. The number of carbonyl (C=O) groups is 2. The Morgan fingerprint density at radius 1 is 1.00 bits per heavy atom. The van der Waals surface area contributed by atoms with Gasteiger partial charge in [-0.15, -0.1) is 0 Å². The second-order valence-electron chi connectivity index (χ2n) is 10.9. The Morgan fingerprint density at radius 2 is 1.61 bits per heavy atom. The molecule has 0 unspecified atom stereocenters. The van der Waals surface area contributed by atoms with Gasteiger partial charge in [-0.3, -0.25) is 9.59 Å². The summed E-state index contributed by atoms with van der Waals surface area (Å²) in [6.07, 6.45) is 9.08. The van der Waals surface area contributed by atoms with Gasteiger partial charge in [0.2, 0.25) is 5.91 Å². The Hall–Kier alpha value is -2.04. The minimum Gasteiger partial charge on any atom is -0.484 e. The third-order valence-electron chi connectivity index (χ3n) is 8.54. The molecule has 4 aliphatic carbocycles. The molecule has 0 radical (unpaired) electrons. The van der Waals surface area contributed by atoms with Gasteiger partial charge < -0.3 is 15.0 Å². The molecule has 4 bridgehead atoms. The third-order valence-corrected chi connectivity index (χ3v) is 8.54. The van der Waals surface area contributed by atoms with Gasteiger partial charge in [0.05, 0.1) is 0 Å². The molecule has 1 aliphatic heterocycles. The lowest BCUT2D eigenvalue weighted by atomic mass is 9.49. The summed E-state index contributed by atoms with van der Waals surface area (Å²) in [5.74, 6) is 3.45. The molecule has 2 amide bonds. The van der Waals surface area contributed by atoms with E-state index < -0.39 is 0 Å². The zero-order chi connectivity index (χ0) is 21.6. The Morgan fingerprint density at radius 3 is 2.19 bits per heavy atom. The maximum atomic E-state index is 13.3. The lowest BCUT2D eigenvalue weighted by Gasteiger charge is -2.56. The Balaban J connectivity index is 1.09. The fourth-order valence-electron chi connectivity index (χ4n) is 7.04. The zero-order valence-electron chi connectivity index (χ0n) is 19.0. The van der Waals surface area contributed by atoms with Gasteiger partial charge in [-0.2, -0.15) is 0 Å². The van der Waals surface area contributed by atoms with Crippen molar-refractivity contribution in [3.05, 3.63) is 29.3 Å². The van der Waals surface area contributed by atoms with Crippen LogP contribution in [0, 0.1) is 37.0 Å². The van der Waals surface area contributed by atoms with E-state index in [0.29, 0.717) is 19.0 Å². The molecule has 1 N–H and O–H groups in total. The lowest BCUT2D eigenvalue weighted by Crippen LogP contribution is -2.56. The quantitative estimate of drug-likeness (QED) is 0.777. The highest BCUT2D eigenvalue weighted by atomic mass is 16.5. The first-order chi connectivity index (χ1) is 14.9. The van der Waals surface area contributed by atoms with Gasteiger partial charge in [0.15, 0.2) is 6.61 Å². The van der Waals surface area contributed by atoms with Crippen LogP contribution in [0.4, 0.5) is 0 Å². The van der Waals surface area contributed by atoms with E-state index in [1.165, 1.54) is 30.4 Å². The van der Waals surface area contributed by atoms with E-state index in [4.69, 9.17) is 4.74 Å². The van der Waals surface area contributed by atoms with E-state index in [0.717, 1.165) is 55.6 Å². The third kappa shape index (κ3) is 4.20. The van der Waals surface area contributed by atoms with Gasteiger partial charge in [0.1, 0.15) is 5.75 Å².